The molecule has 0 aliphatic carbocycles. The minimum absolute atomic E-state index is 0.00826. The molecule has 2 aromatic rings. The van der Waals surface area contributed by atoms with Gasteiger partial charge in [-0.25, -0.2) is 0 Å². The molecule has 1 spiro atoms. The van der Waals surface area contributed by atoms with Crippen molar-refractivity contribution in [1.82, 2.24) is 4.90 Å². The molecule has 7 nitrogen and oxygen atoms in total. The van der Waals surface area contributed by atoms with Crippen molar-refractivity contribution in [3.8, 4) is 0 Å². The maximum absolute atomic E-state index is 13.9. The quantitative estimate of drug-likeness (QED) is 0.316. The van der Waals surface area contributed by atoms with Gasteiger partial charge in [0, 0.05) is 28.9 Å². The molecular weight excluding hydrogens is 566 g/mol. The van der Waals surface area contributed by atoms with E-state index < -0.39 is 22.6 Å². The van der Waals surface area contributed by atoms with E-state index in [0.29, 0.717) is 42.2 Å². The van der Waals surface area contributed by atoms with Crippen molar-refractivity contribution >= 4 is 68.4 Å². The maximum atomic E-state index is 13.9. The number of fused-ring (bicyclic) bond motifs is 1. The number of nitrogens with zero attached hydrogens (tertiary/aromatic N) is 1. The van der Waals surface area contributed by atoms with E-state index in [0.717, 1.165) is 0 Å². The number of aliphatic hydroxyl groups is 1. The second-order valence-electron chi connectivity index (χ2n) is 9.45. The molecule has 3 aliphatic heterocycles. The van der Waals surface area contributed by atoms with Crippen LogP contribution in [0.25, 0.3) is 0 Å². The van der Waals surface area contributed by atoms with Gasteiger partial charge in [-0.15, -0.1) is 11.8 Å². The zero-order valence-corrected chi connectivity index (χ0v) is 22.6. The van der Waals surface area contributed by atoms with Crippen molar-refractivity contribution in [1.29, 1.82) is 0 Å². The number of para-hydroxylation sites is 2. The van der Waals surface area contributed by atoms with Crippen molar-refractivity contribution in [2.24, 2.45) is 11.8 Å². The molecule has 6 atom stereocenters. The van der Waals surface area contributed by atoms with E-state index in [1.165, 1.54) is 0 Å². The predicted octanol–water partition coefficient (Wildman–Crippen LogP) is 4.15. The molecule has 36 heavy (non-hydrogen) atoms. The standard InChI is InChI=1S/C26H27BrClN3O4S/c27-16-14-26-20(19(21(16)36-26)23(33)29-15-8-2-1-3-9-15)25(35)31(12-6-7-13-32)22(26)24(34)30-18-11-5-4-10-17(18)28/h1-5,8-11,16,19-22,32H,6-7,12-14H2,(H,29,33)(H,30,34)/t16?,19-,20-,21-,22?,26?/m0/s1. The molecule has 3 heterocycles. The van der Waals surface area contributed by atoms with Crippen LogP contribution in [0.1, 0.15) is 19.3 Å². The Labute approximate surface area is 227 Å². The number of nitrogens with one attached hydrogen (secondary N) is 2. The lowest BCUT2D eigenvalue weighted by Crippen LogP contribution is -2.52. The van der Waals surface area contributed by atoms with E-state index in [9.17, 15) is 19.5 Å². The number of amides is 3. The number of alkyl halides is 1. The molecule has 2 bridgehead atoms. The summed E-state index contributed by atoms with van der Waals surface area (Å²) in [6, 6.07) is 15.4. The van der Waals surface area contributed by atoms with Gasteiger partial charge < -0.3 is 20.6 Å². The second-order valence-corrected chi connectivity index (χ2v) is 12.6. The van der Waals surface area contributed by atoms with Crippen molar-refractivity contribution in [2.45, 2.75) is 40.1 Å². The average Bonchev–Trinajstić information content (AvgIpc) is 3.45. The van der Waals surface area contributed by atoms with Crippen LogP contribution < -0.4 is 10.6 Å². The molecule has 3 saturated heterocycles. The Morgan fingerprint density at radius 3 is 2.53 bits per heavy atom. The zero-order valence-electron chi connectivity index (χ0n) is 19.4. The van der Waals surface area contributed by atoms with Crippen LogP contribution in [0.3, 0.4) is 0 Å². The third-order valence-electron chi connectivity index (χ3n) is 7.32. The number of hydrogen-bond acceptors (Lipinski definition) is 5. The smallest absolute Gasteiger partial charge is 0.248 e. The lowest BCUT2D eigenvalue weighted by Gasteiger charge is -2.35. The Hall–Kier alpha value is -2.07. The van der Waals surface area contributed by atoms with E-state index in [2.05, 4.69) is 26.6 Å². The molecule has 3 N–H and O–H groups in total. The number of hydrogen-bond donors (Lipinski definition) is 3. The van der Waals surface area contributed by atoms with Crippen LogP contribution in [0.5, 0.6) is 0 Å². The molecule has 3 unspecified atom stereocenters. The number of anilines is 2. The summed E-state index contributed by atoms with van der Waals surface area (Å²) in [5.74, 6) is -1.86. The van der Waals surface area contributed by atoms with Gasteiger partial charge in [-0.05, 0) is 43.5 Å². The number of carbonyl (C=O) groups is 3. The predicted molar refractivity (Wildman–Crippen MR) is 145 cm³/mol. The highest BCUT2D eigenvalue weighted by atomic mass is 79.9. The Balaban J connectivity index is 1.49. The number of rotatable bonds is 8. The summed E-state index contributed by atoms with van der Waals surface area (Å²) >= 11 is 11.7. The van der Waals surface area contributed by atoms with Crippen LogP contribution >= 0.6 is 39.3 Å². The third kappa shape index (κ3) is 4.34. The molecular formula is C26H27BrClN3O4S. The summed E-state index contributed by atoms with van der Waals surface area (Å²) in [7, 11) is 0. The van der Waals surface area contributed by atoms with Crippen LogP contribution in [0.15, 0.2) is 54.6 Å². The van der Waals surface area contributed by atoms with Crippen LogP contribution in [0.4, 0.5) is 11.4 Å². The monoisotopic (exact) mass is 591 g/mol. The van der Waals surface area contributed by atoms with Gasteiger partial charge in [-0.2, -0.15) is 0 Å². The van der Waals surface area contributed by atoms with Gasteiger partial charge in [0.2, 0.25) is 17.7 Å². The SMILES string of the molecule is O=C(Nc1ccccc1Cl)C1N(CCCCO)C(=O)[C@@H]2[C@H](C(=O)Nc3ccccc3)[C@H]3SC12CC3Br. The van der Waals surface area contributed by atoms with Gasteiger partial charge in [-0.3, -0.25) is 14.4 Å². The Morgan fingerprint density at radius 1 is 1.08 bits per heavy atom. The first kappa shape index (κ1) is 25.6. The summed E-state index contributed by atoms with van der Waals surface area (Å²) in [5.41, 5.74) is 1.16. The van der Waals surface area contributed by atoms with Crippen LogP contribution in [0, 0.1) is 11.8 Å². The van der Waals surface area contributed by atoms with Crippen molar-refractivity contribution < 1.29 is 19.5 Å². The summed E-state index contributed by atoms with van der Waals surface area (Å²) in [5, 5.41) is 15.5. The normalized spacial score (nSPS) is 30.4. The Morgan fingerprint density at radius 2 is 1.81 bits per heavy atom. The fraction of sp³-hybridized carbons (Fsp3) is 0.423. The molecule has 3 aliphatic rings. The van der Waals surface area contributed by atoms with E-state index >= 15 is 0 Å². The molecule has 10 heteroatoms. The van der Waals surface area contributed by atoms with Gasteiger partial charge in [-0.1, -0.05) is 57.9 Å². The maximum Gasteiger partial charge on any atom is 0.248 e. The third-order valence-corrected chi connectivity index (χ3v) is 10.9. The number of likely N-dealkylation sites (tertiary alicyclic amines) is 1. The van der Waals surface area contributed by atoms with Gasteiger partial charge in [0.15, 0.2) is 0 Å². The van der Waals surface area contributed by atoms with E-state index in [4.69, 9.17) is 11.6 Å². The number of halogens is 2. The first-order valence-corrected chi connectivity index (χ1v) is 14.2. The first-order chi connectivity index (χ1) is 17.4. The molecule has 0 saturated carbocycles. The van der Waals surface area contributed by atoms with Crippen molar-refractivity contribution in [3.63, 3.8) is 0 Å². The number of benzene rings is 2. The highest BCUT2D eigenvalue weighted by molar-refractivity contribution is 9.09. The van der Waals surface area contributed by atoms with Crippen LogP contribution in [-0.4, -0.2) is 61.7 Å². The highest BCUT2D eigenvalue weighted by Gasteiger charge is 2.75. The Bertz CT molecular complexity index is 1170. The highest BCUT2D eigenvalue weighted by Crippen LogP contribution is 2.67. The van der Waals surface area contributed by atoms with Crippen LogP contribution in [0.2, 0.25) is 5.02 Å². The molecule has 190 valence electrons. The van der Waals surface area contributed by atoms with Crippen molar-refractivity contribution in [2.75, 3.05) is 23.8 Å². The molecule has 0 aromatic heterocycles. The fourth-order valence-corrected chi connectivity index (χ4v) is 9.67. The van der Waals surface area contributed by atoms with Gasteiger partial charge in [0.1, 0.15) is 6.04 Å². The van der Waals surface area contributed by atoms with Gasteiger partial charge in [0.05, 0.1) is 27.3 Å². The molecule has 2 aromatic carbocycles. The second kappa shape index (κ2) is 10.4. The number of unbranched alkanes of at least 4 members (excludes halogenated alkanes) is 1. The van der Waals surface area contributed by atoms with Gasteiger partial charge >= 0.3 is 0 Å². The lowest BCUT2D eigenvalue weighted by atomic mass is 9.70. The average molecular weight is 593 g/mol. The van der Waals surface area contributed by atoms with Crippen LogP contribution in [-0.2, 0) is 14.4 Å². The fourth-order valence-electron chi connectivity index (χ4n) is 5.87. The van der Waals surface area contributed by atoms with E-state index in [1.54, 1.807) is 40.9 Å². The molecule has 0 radical (unpaired) electrons. The Kier molecular flexibility index (Phi) is 7.36. The topological polar surface area (TPSA) is 98.7 Å². The summed E-state index contributed by atoms with van der Waals surface area (Å²) in [6.07, 6.45) is 1.69. The summed E-state index contributed by atoms with van der Waals surface area (Å²) < 4.78 is -0.737. The van der Waals surface area contributed by atoms with E-state index in [-0.39, 0.29) is 34.4 Å². The first-order valence-electron chi connectivity index (χ1n) is 12.0. The molecule has 5 rings (SSSR count). The minimum atomic E-state index is -0.755. The molecule has 3 fully saturated rings. The minimum Gasteiger partial charge on any atom is -0.396 e. The number of thioether (sulfide) groups is 1. The molecule has 3 amide bonds. The summed E-state index contributed by atoms with van der Waals surface area (Å²) in [6.45, 7) is 0.346. The summed E-state index contributed by atoms with van der Waals surface area (Å²) in [4.78, 5) is 42.9. The zero-order chi connectivity index (χ0) is 25.4. The lowest BCUT2D eigenvalue weighted by molar-refractivity contribution is -0.138. The van der Waals surface area contributed by atoms with E-state index in [1.807, 2.05) is 30.3 Å². The van der Waals surface area contributed by atoms with Gasteiger partial charge in [0.25, 0.3) is 0 Å². The number of carbonyl (C=O) groups excluding carboxylic acids is 3. The van der Waals surface area contributed by atoms with Crippen molar-refractivity contribution in [3.05, 3.63) is 59.6 Å². The number of aliphatic hydroxyl groups excluding tert-OH is 1. The largest absolute Gasteiger partial charge is 0.396 e.